The number of aliphatic imine (C=N–C) groups is 1. The van der Waals surface area contributed by atoms with E-state index in [1.54, 1.807) is 13.8 Å². The maximum atomic E-state index is 13.6. The molecule has 12 heteroatoms. The second kappa shape index (κ2) is 13.3. The molecule has 3 aromatic rings. The molecule has 0 saturated heterocycles. The lowest BCUT2D eigenvalue weighted by molar-refractivity contribution is -0.139. The molecule has 47 heavy (non-hydrogen) atoms. The van der Waals surface area contributed by atoms with Gasteiger partial charge in [0, 0.05) is 31.5 Å². The Kier molecular flexibility index (Phi) is 9.53. The molecule has 1 heterocycles. The number of fused-ring (bicyclic) bond motifs is 4. The van der Waals surface area contributed by atoms with Gasteiger partial charge in [-0.25, -0.2) is 22.7 Å². The van der Waals surface area contributed by atoms with E-state index in [0.29, 0.717) is 24.0 Å². The Bertz CT molecular complexity index is 1810. The van der Waals surface area contributed by atoms with Gasteiger partial charge in [0.2, 0.25) is 5.96 Å². The van der Waals surface area contributed by atoms with Gasteiger partial charge in [0.05, 0.1) is 4.90 Å². The standard InChI is InChI=1S/C35H42N4O7S/c1-20-21(2)31(22(3)27-18-35(4,5)46-30(20)27)47(43,44)39-33(36-6)37-17-11-16-29(32(40)41)38-34(42)45-19-28-25-14-9-7-12-23(25)24-13-8-10-15-26(24)28/h7-10,12-15,28-29H,11,16-19H2,1-6H3,(H,38,42)(H,40,41)(H2,36,37,39)/t29-/m1/s1. The van der Waals surface area contributed by atoms with E-state index in [1.807, 2.05) is 69.3 Å². The molecule has 11 nitrogen and oxygen atoms in total. The fourth-order valence-corrected chi connectivity index (χ4v) is 8.14. The maximum absolute atomic E-state index is 13.6. The van der Waals surface area contributed by atoms with Crippen LogP contribution in [-0.4, -0.2) is 63.4 Å². The molecular weight excluding hydrogens is 620 g/mol. The second-order valence-corrected chi connectivity index (χ2v) is 14.3. The van der Waals surface area contributed by atoms with Crippen molar-refractivity contribution in [2.24, 2.45) is 4.99 Å². The molecule has 1 atom stereocenters. The predicted molar refractivity (Wildman–Crippen MR) is 180 cm³/mol. The summed E-state index contributed by atoms with van der Waals surface area (Å²) in [7, 11) is -2.56. The fraction of sp³-hybridized carbons (Fsp3) is 0.400. The van der Waals surface area contributed by atoms with Crippen LogP contribution >= 0.6 is 0 Å². The van der Waals surface area contributed by atoms with Gasteiger partial charge in [0.25, 0.3) is 10.0 Å². The summed E-state index contributed by atoms with van der Waals surface area (Å²) in [5.74, 6) is -0.584. The van der Waals surface area contributed by atoms with E-state index in [-0.39, 0.29) is 36.3 Å². The van der Waals surface area contributed by atoms with E-state index in [9.17, 15) is 23.1 Å². The average molecular weight is 663 g/mol. The number of guanidine groups is 1. The summed E-state index contributed by atoms with van der Waals surface area (Å²) < 4.78 is 41.4. The monoisotopic (exact) mass is 662 g/mol. The summed E-state index contributed by atoms with van der Waals surface area (Å²) in [5.41, 5.74) is 6.78. The molecule has 3 aromatic carbocycles. The van der Waals surface area contributed by atoms with Crippen LogP contribution < -0.4 is 20.1 Å². The van der Waals surface area contributed by atoms with E-state index >= 15 is 0 Å². The number of benzene rings is 3. The molecule has 1 amide bonds. The summed E-state index contributed by atoms with van der Waals surface area (Å²) in [6.45, 7) is 9.63. The minimum atomic E-state index is -4.01. The van der Waals surface area contributed by atoms with Crippen molar-refractivity contribution in [2.45, 2.75) is 76.3 Å². The minimum absolute atomic E-state index is 0.0231. The first-order valence-electron chi connectivity index (χ1n) is 15.6. The Morgan fingerprint density at radius 2 is 1.64 bits per heavy atom. The van der Waals surface area contributed by atoms with Crippen LogP contribution in [0, 0.1) is 20.8 Å². The number of carbonyl (C=O) groups is 2. The highest BCUT2D eigenvalue weighted by Crippen LogP contribution is 2.45. The largest absolute Gasteiger partial charge is 0.487 e. The number of rotatable bonds is 10. The van der Waals surface area contributed by atoms with Crippen molar-refractivity contribution in [2.75, 3.05) is 20.2 Å². The van der Waals surface area contributed by atoms with Gasteiger partial charge in [-0.05, 0) is 86.4 Å². The summed E-state index contributed by atoms with van der Waals surface area (Å²) in [6, 6.07) is 14.7. The minimum Gasteiger partial charge on any atom is -0.487 e. The smallest absolute Gasteiger partial charge is 0.407 e. The zero-order valence-corrected chi connectivity index (χ0v) is 28.4. The van der Waals surface area contributed by atoms with Crippen LogP contribution in [0.5, 0.6) is 5.75 Å². The molecule has 0 unspecified atom stereocenters. The van der Waals surface area contributed by atoms with E-state index in [2.05, 4.69) is 20.3 Å². The van der Waals surface area contributed by atoms with Gasteiger partial charge in [-0.1, -0.05) is 48.5 Å². The molecule has 4 N–H and O–H groups in total. The Balaban J connectivity index is 1.15. The van der Waals surface area contributed by atoms with Gasteiger partial charge in [-0.15, -0.1) is 0 Å². The highest BCUT2D eigenvalue weighted by atomic mass is 32.2. The van der Waals surface area contributed by atoms with Crippen LogP contribution in [0.2, 0.25) is 0 Å². The number of sulfonamides is 1. The van der Waals surface area contributed by atoms with Crippen LogP contribution in [0.3, 0.4) is 0 Å². The molecule has 0 radical (unpaired) electrons. The average Bonchev–Trinajstić information content (AvgIpc) is 3.53. The van der Waals surface area contributed by atoms with Crippen molar-refractivity contribution in [3.63, 3.8) is 0 Å². The maximum Gasteiger partial charge on any atom is 0.407 e. The molecule has 1 aliphatic heterocycles. The van der Waals surface area contributed by atoms with Crippen molar-refractivity contribution < 1.29 is 32.6 Å². The molecule has 2 aliphatic rings. The third kappa shape index (κ3) is 6.92. The molecular formula is C35H42N4O7S. The van der Waals surface area contributed by atoms with Crippen molar-refractivity contribution in [1.82, 2.24) is 15.4 Å². The fourth-order valence-electron chi connectivity index (χ4n) is 6.54. The van der Waals surface area contributed by atoms with Crippen LogP contribution in [-0.2, 0) is 26.0 Å². The van der Waals surface area contributed by atoms with Gasteiger partial charge in [-0.3, -0.25) is 4.99 Å². The topological polar surface area (TPSA) is 155 Å². The van der Waals surface area contributed by atoms with E-state index < -0.39 is 33.7 Å². The van der Waals surface area contributed by atoms with Gasteiger partial charge >= 0.3 is 12.1 Å². The molecule has 250 valence electrons. The summed E-state index contributed by atoms with van der Waals surface area (Å²) in [4.78, 5) is 28.9. The first-order chi connectivity index (χ1) is 22.2. The molecule has 5 rings (SSSR count). The van der Waals surface area contributed by atoms with Crippen molar-refractivity contribution in [3.8, 4) is 16.9 Å². The number of ether oxygens (including phenoxy) is 2. The lowest BCUT2D eigenvalue weighted by atomic mass is 9.94. The van der Waals surface area contributed by atoms with Gasteiger partial charge in [0.15, 0.2) is 0 Å². The van der Waals surface area contributed by atoms with Crippen molar-refractivity contribution in [1.29, 1.82) is 0 Å². The third-order valence-corrected chi connectivity index (χ3v) is 10.5. The normalized spacial score (nSPS) is 15.6. The number of nitrogens with one attached hydrogen (secondary N) is 3. The van der Waals surface area contributed by atoms with Crippen LogP contribution in [0.25, 0.3) is 11.1 Å². The Morgan fingerprint density at radius 3 is 2.23 bits per heavy atom. The number of hydrogen-bond donors (Lipinski definition) is 4. The van der Waals surface area contributed by atoms with Crippen molar-refractivity contribution >= 4 is 28.0 Å². The summed E-state index contributed by atoms with van der Waals surface area (Å²) in [6.07, 6.45) is 0.150. The molecule has 1 aliphatic carbocycles. The Labute approximate surface area is 275 Å². The van der Waals surface area contributed by atoms with Crippen LogP contribution in [0.1, 0.15) is 66.0 Å². The zero-order chi connectivity index (χ0) is 34.1. The molecule has 0 saturated carbocycles. The quantitative estimate of drug-likeness (QED) is 0.135. The number of carbonyl (C=O) groups excluding carboxylic acids is 1. The third-order valence-electron chi connectivity index (χ3n) is 8.91. The van der Waals surface area contributed by atoms with Crippen molar-refractivity contribution in [3.05, 3.63) is 81.9 Å². The number of carboxylic acid groups (broad SMARTS) is 1. The summed E-state index contributed by atoms with van der Waals surface area (Å²) >= 11 is 0. The highest BCUT2D eigenvalue weighted by Gasteiger charge is 2.37. The van der Waals surface area contributed by atoms with Gasteiger partial charge in [0.1, 0.15) is 24.0 Å². The SMILES string of the molecule is CN=C(NCCC[C@@H](NC(=O)OCC1c2ccccc2-c2ccccc21)C(=O)O)NS(=O)(=O)c1c(C)c(C)c2c(c1C)CC(C)(C)O2. The van der Waals surface area contributed by atoms with E-state index in [1.165, 1.54) is 7.05 Å². The highest BCUT2D eigenvalue weighted by molar-refractivity contribution is 7.90. The number of hydrogen-bond acceptors (Lipinski definition) is 7. The number of nitrogens with zero attached hydrogens (tertiary/aromatic N) is 1. The molecule has 0 fully saturated rings. The lowest BCUT2D eigenvalue weighted by Gasteiger charge is -2.20. The molecule has 0 spiro atoms. The van der Waals surface area contributed by atoms with Gasteiger partial charge < -0.3 is 25.2 Å². The number of amides is 1. The van der Waals surface area contributed by atoms with Crippen LogP contribution in [0.4, 0.5) is 4.79 Å². The number of carboxylic acids is 1. The first-order valence-corrected chi connectivity index (χ1v) is 17.1. The number of aliphatic carboxylic acids is 1. The Hall–Kier alpha value is -4.58. The summed E-state index contributed by atoms with van der Waals surface area (Å²) in [5, 5.41) is 15.1. The second-order valence-electron chi connectivity index (χ2n) is 12.7. The van der Waals surface area contributed by atoms with E-state index in [4.69, 9.17) is 9.47 Å². The van der Waals surface area contributed by atoms with E-state index in [0.717, 1.165) is 39.1 Å². The predicted octanol–water partition coefficient (Wildman–Crippen LogP) is 4.95. The Morgan fingerprint density at radius 1 is 1.02 bits per heavy atom. The lowest BCUT2D eigenvalue weighted by Crippen LogP contribution is -2.43. The number of alkyl carbamates (subject to hydrolysis) is 1. The van der Waals surface area contributed by atoms with Gasteiger partial charge in [-0.2, -0.15) is 0 Å². The molecule has 0 aromatic heterocycles. The first kappa shape index (κ1) is 33.8. The van der Waals surface area contributed by atoms with Crippen LogP contribution in [0.15, 0.2) is 58.4 Å². The zero-order valence-electron chi connectivity index (χ0n) is 27.6. The molecule has 0 bridgehead atoms.